The molecule has 2 aliphatic heterocycles. The van der Waals surface area contributed by atoms with Gasteiger partial charge in [-0.1, -0.05) is 6.92 Å². The van der Waals surface area contributed by atoms with Crippen molar-refractivity contribution in [2.24, 2.45) is 11.3 Å². The summed E-state index contributed by atoms with van der Waals surface area (Å²) in [6.07, 6.45) is 5.13. The van der Waals surface area contributed by atoms with E-state index in [1.54, 1.807) is 0 Å². The summed E-state index contributed by atoms with van der Waals surface area (Å²) >= 11 is 0. The minimum absolute atomic E-state index is 0.478. The summed E-state index contributed by atoms with van der Waals surface area (Å²) in [7, 11) is 0. The molecule has 2 rings (SSSR count). The molecular formula is C13H26N2O. The van der Waals surface area contributed by atoms with Crippen molar-refractivity contribution in [2.75, 3.05) is 39.4 Å². The maximum Gasteiger partial charge on any atom is 0.0471 e. The highest BCUT2D eigenvalue weighted by Gasteiger charge is 2.26. The lowest BCUT2D eigenvalue weighted by Crippen LogP contribution is -2.37. The van der Waals surface area contributed by atoms with Crippen LogP contribution in [-0.4, -0.2) is 39.4 Å². The molecule has 16 heavy (non-hydrogen) atoms. The van der Waals surface area contributed by atoms with Gasteiger partial charge in [0.1, 0.15) is 0 Å². The molecule has 1 unspecified atom stereocenters. The third-order valence-corrected chi connectivity index (χ3v) is 4.14. The summed E-state index contributed by atoms with van der Waals surface area (Å²) < 4.78 is 5.42. The van der Waals surface area contributed by atoms with Crippen LogP contribution >= 0.6 is 0 Å². The van der Waals surface area contributed by atoms with Crippen LogP contribution in [0.25, 0.3) is 0 Å². The molecule has 2 saturated heterocycles. The topological polar surface area (TPSA) is 33.3 Å². The van der Waals surface area contributed by atoms with Gasteiger partial charge in [-0.3, -0.25) is 0 Å². The largest absolute Gasteiger partial charge is 0.381 e. The minimum Gasteiger partial charge on any atom is -0.381 e. The normalized spacial score (nSPS) is 29.4. The van der Waals surface area contributed by atoms with E-state index >= 15 is 0 Å². The Hall–Kier alpha value is -0.120. The van der Waals surface area contributed by atoms with Crippen molar-refractivity contribution in [3.05, 3.63) is 0 Å². The molecule has 2 fully saturated rings. The molecule has 0 aromatic heterocycles. The van der Waals surface area contributed by atoms with Crippen molar-refractivity contribution in [3.8, 4) is 0 Å². The van der Waals surface area contributed by atoms with Gasteiger partial charge < -0.3 is 15.4 Å². The van der Waals surface area contributed by atoms with Crippen LogP contribution in [0.5, 0.6) is 0 Å². The van der Waals surface area contributed by atoms with Crippen LogP contribution in [-0.2, 0) is 4.74 Å². The van der Waals surface area contributed by atoms with Crippen LogP contribution in [0.2, 0.25) is 0 Å². The monoisotopic (exact) mass is 226 g/mol. The second-order valence-electron chi connectivity index (χ2n) is 5.75. The third kappa shape index (κ3) is 3.72. The average molecular weight is 226 g/mol. The molecule has 0 aliphatic carbocycles. The Morgan fingerprint density at radius 1 is 1.38 bits per heavy atom. The lowest BCUT2D eigenvalue weighted by molar-refractivity contribution is 0.0241. The van der Waals surface area contributed by atoms with Gasteiger partial charge in [0.2, 0.25) is 0 Å². The third-order valence-electron chi connectivity index (χ3n) is 4.14. The molecule has 2 aliphatic rings. The van der Waals surface area contributed by atoms with E-state index in [9.17, 15) is 0 Å². The predicted molar refractivity (Wildman–Crippen MR) is 66.6 cm³/mol. The Balaban J connectivity index is 1.56. The van der Waals surface area contributed by atoms with Crippen LogP contribution in [0.3, 0.4) is 0 Å². The predicted octanol–water partition coefficient (Wildman–Crippen LogP) is 1.39. The van der Waals surface area contributed by atoms with Crippen molar-refractivity contribution in [3.63, 3.8) is 0 Å². The minimum atomic E-state index is 0.478. The van der Waals surface area contributed by atoms with Crippen molar-refractivity contribution < 1.29 is 4.74 Å². The van der Waals surface area contributed by atoms with E-state index in [0.29, 0.717) is 5.41 Å². The lowest BCUT2D eigenvalue weighted by atomic mass is 9.82. The average Bonchev–Trinajstić information content (AvgIpc) is 2.78. The standard InChI is InChI=1S/C13H26N2O/c1-13(4-8-16-9-5-13)11-15-7-3-12-2-6-14-10-12/h12,14-15H,2-11H2,1H3. The number of hydrogen-bond acceptors (Lipinski definition) is 3. The second-order valence-corrected chi connectivity index (χ2v) is 5.75. The summed E-state index contributed by atoms with van der Waals surface area (Å²) in [5.74, 6) is 0.912. The number of ether oxygens (including phenoxy) is 1. The van der Waals surface area contributed by atoms with Crippen LogP contribution in [0.1, 0.15) is 32.6 Å². The zero-order chi connectivity index (χ0) is 11.3. The maximum absolute atomic E-state index is 5.42. The van der Waals surface area contributed by atoms with E-state index in [2.05, 4.69) is 17.6 Å². The van der Waals surface area contributed by atoms with Gasteiger partial charge in [-0.15, -0.1) is 0 Å². The molecule has 0 aromatic carbocycles. The summed E-state index contributed by atoms with van der Waals surface area (Å²) in [5, 5.41) is 7.06. The van der Waals surface area contributed by atoms with Crippen molar-refractivity contribution in [2.45, 2.75) is 32.6 Å². The smallest absolute Gasteiger partial charge is 0.0471 e. The summed E-state index contributed by atoms with van der Waals surface area (Å²) in [6, 6.07) is 0. The second kappa shape index (κ2) is 5.99. The molecule has 94 valence electrons. The van der Waals surface area contributed by atoms with Gasteiger partial charge in [0.25, 0.3) is 0 Å². The molecule has 3 heteroatoms. The fourth-order valence-electron chi connectivity index (χ4n) is 2.70. The first-order valence-corrected chi connectivity index (χ1v) is 6.78. The summed E-state index contributed by atoms with van der Waals surface area (Å²) in [6.45, 7) is 9.08. The fourth-order valence-corrected chi connectivity index (χ4v) is 2.70. The molecule has 0 spiro atoms. The zero-order valence-electron chi connectivity index (χ0n) is 10.6. The van der Waals surface area contributed by atoms with Crippen molar-refractivity contribution in [1.29, 1.82) is 0 Å². The molecule has 3 nitrogen and oxygen atoms in total. The van der Waals surface area contributed by atoms with Crippen LogP contribution in [0.15, 0.2) is 0 Å². The number of hydrogen-bond donors (Lipinski definition) is 2. The molecular weight excluding hydrogens is 200 g/mol. The fraction of sp³-hybridized carbons (Fsp3) is 1.00. The lowest BCUT2D eigenvalue weighted by Gasteiger charge is -2.33. The Bertz CT molecular complexity index is 196. The highest BCUT2D eigenvalue weighted by atomic mass is 16.5. The molecule has 0 radical (unpaired) electrons. The van der Waals surface area contributed by atoms with Gasteiger partial charge in [-0.25, -0.2) is 0 Å². The summed E-state index contributed by atoms with van der Waals surface area (Å²) in [5.41, 5.74) is 0.478. The van der Waals surface area contributed by atoms with E-state index < -0.39 is 0 Å². The van der Waals surface area contributed by atoms with Gasteiger partial charge in [0.15, 0.2) is 0 Å². The number of nitrogens with one attached hydrogen (secondary N) is 2. The number of rotatable bonds is 5. The molecule has 2 heterocycles. The molecule has 0 saturated carbocycles. The molecule has 2 N–H and O–H groups in total. The summed E-state index contributed by atoms with van der Waals surface area (Å²) in [4.78, 5) is 0. The zero-order valence-corrected chi connectivity index (χ0v) is 10.6. The van der Waals surface area contributed by atoms with Gasteiger partial charge in [-0.2, -0.15) is 0 Å². The van der Waals surface area contributed by atoms with Crippen LogP contribution in [0.4, 0.5) is 0 Å². The van der Waals surface area contributed by atoms with Crippen molar-refractivity contribution >= 4 is 0 Å². The quantitative estimate of drug-likeness (QED) is 0.695. The molecule has 1 atom stereocenters. The van der Waals surface area contributed by atoms with E-state index in [-0.39, 0.29) is 0 Å². The highest BCUT2D eigenvalue weighted by molar-refractivity contribution is 4.80. The Morgan fingerprint density at radius 2 is 2.19 bits per heavy atom. The SMILES string of the molecule is CC1(CNCCC2CCNC2)CCOCC1. The van der Waals surface area contributed by atoms with Gasteiger partial charge in [-0.05, 0) is 56.7 Å². The maximum atomic E-state index is 5.42. The van der Waals surface area contributed by atoms with E-state index in [1.807, 2.05) is 0 Å². The molecule has 0 bridgehead atoms. The van der Waals surface area contributed by atoms with E-state index in [1.165, 1.54) is 45.3 Å². The Kier molecular flexibility index (Phi) is 4.62. The van der Waals surface area contributed by atoms with Gasteiger partial charge in [0, 0.05) is 19.8 Å². The first kappa shape index (κ1) is 12.3. The van der Waals surface area contributed by atoms with Crippen LogP contribution < -0.4 is 10.6 Å². The Morgan fingerprint density at radius 3 is 2.88 bits per heavy atom. The van der Waals surface area contributed by atoms with Gasteiger partial charge >= 0.3 is 0 Å². The first-order valence-electron chi connectivity index (χ1n) is 6.78. The molecule has 0 aromatic rings. The van der Waals surface area contributed by atoms with E-state index in [4.69, 9.17) is 4.74 Å². The van der Waals surface area contributed by atoms with Gasteiger partial charge in [0.05, 0.1) is 0 Å². The highest BCUT2D eigenvalue weighted by Crippen LogP contribution is 2.28. The van der Waals surface area contributed by atoms with E-state index in [0.717, 1.165) is 25.7 Å². The van der Waals surface area contributed by atoms with Crippen LogP contribution in [0, 0.1) is 11.3 Å². The molecule has 0 amide bonds. The van der Waals surface area contributed by atoms with Crippen molar-refractivity contribution in [1.82, 2.24) is 10.6 Å². The Labute approximate surface area is 99.3 Å². The first-order chi connectivity index (χ1) is 7.79.